The first kappa shape index (κ1) is 11.7. The van der Waals surface area contributed by atoms with Crippen LogP contribution in [0.1, 0.15) is 12.8 Å². The summed E-state index contributed by atoms with van der Waals surface area (Å²) in [6.07, 6.45) is -4.96. The number of anilines is 1. The molecule has 15 heavy (non-hydrogen) atoms. The van der Waals surface area contributed by atoms with Gasteiger partial charge in [-0.25, -0.2) is 0 Å². The Bertz CT molecular complexity index is 295. The Labute approximate surface area is 85.8 Å². The molecule has 0 atom stereocenters. The van der Waals surface area contributed by atoms with Crippen molar-refractivity contribution in [2.24, 2.45) is 0 Å². The average Bonchev–Trinajstić information content (AvgIpc) is 2.14. The van der Waals surface area contributed by atoms with Crippen LogP contribution in [0.5, 0.6) is 5.75 Å². The van der Waals surface area contributed by atoms with E-state index in [1.807, 2.05) is 0 Å². The summed E-state index contributed by atoms with van der Waals surface area (Å²) in [5.41, 5.74) is 6.03. The Balaban J connectivity index is 2.23. The molecule has 0 aliphatic heterocycles. The van der Waals surface area contributed by atoms with Crippen molar-refractivity contribution in [3.8, 4) is 5.75 Å². The predicted molar refractivity (Wildman–Crippen MR) is 51.6 cm³/mol. The number of nitrogen functional groups attached to an aromatic ring is 1. The number of benzene rings is 1. The van der Waals surface area contributed by atoms with Crippen LogP contribution in [0.3, 0.4) is 0 Å². The molecule has 0 amide bonds. The second kappa shape index (κ2) is 4.91. The third kappa shape index (κ3) is 5.15. The van der Waals surface area contributed by atoms with Gasteiger partial charge in [0.25, 0.3) is 0 Å². The molecule has 0 aromatic heterocycles. The SMILES string of the molecule is Nc1ccc(OCCCC(F)(F)F)cc1. The number of ether oxygens (including phenoxy) is 1. The van der Waals surface area contributed by atoms with E-state index >= 15 is 0 Å². The molecule has 1 aromatic carbocycles. The molecule has 0 bridgehead atoms. The third-order valence-electron chi connectivity index (χ3n) is 1.75. The molecular formula is C10H12F3NO. The van der Waals surface area contributed by atoms with Crippen molar-refractivity contribution in [2.45, 2.75) is 19.0 Å². The summed E-state index contributed by atoms with van der Waals surface area (Å²) >= 11 is 0. The van der Waals surface area contributed by atoms with Crippen molar-refractivity contribution in [3.05, 3.63) is 24.3 Å². The van der Waals surface area contributed by atoms with Crippen LogP contribution in [0.4, 0.5) is 18.9 Å². The maximum absolute atomic E-state index is 11.8. The van der Waals surface area contributed by atoms with E-state index in [2.05, 4.69) is 0 Å². The van der Waals surface area contributed by atoms with E-state index < -0.39 is 12.6 Å². The van der Waals surface area contributed by atoms with Gasteiger partial charge in [0.15, 0.2) is 0 Å². The smallest absolute Gasteiger partial charge is 0.389 e. The summed E-state index contributed by atoms with van der Waals surface area (Å²) in [6, 6.07) is 6.53. The van der Waals surface area contributed by atoms with Gasteiger partial charge in [-0.15, -0.1) is 0 Å². The van der Waals surface area contributed by atoms with Crippen LogP contribution in [0.2, 0.25) is 0 Å². The van der Waals surface area contributed by atoms with Gasteiger partial charge in [-0.1, -0.05) is 0 Å². The maximum Gasteiger partial charge on any atom is 0.389 e. The lowest BCUT2D eigenvalue weighted by Gasteiger charge is -2.08. The van der Waals surface area contributed by atoms with E-state index in [1.54, 1.807) is 24.3 Å². The van der Waals surface area contributed by atoms with Crippen LogP contribution < -0.4 is 10.5 Å². The highest BCUT2D eigenvalue weighted by Crippen LogP contribution is 2.21. The number of halogens is 3. The van der Waals surface area contributed by atoms with Gasteiger partial charge in [0, 0.05) is 12.1 Å². The van der Waals surface area contributed by atoms with Crippen LogP contribution in [0.25, 0.3) is 0 Å². The van der Waals surface area contributed by atoms with Crippen LogP contribution >= 0.6 is 0 Å². The molecule has 1 rings (SSSR count). The topological polar surface area (TPSA) is 35.2 Å². The number of rotatable bonds is 4. The minimum atomic E-state index is -4.11. The molecule has 2 N–H and O–H groups in total. The van der Waals surface area contributed by atoms with Crippen molar-refractivity contribution in [1.29, 1.82) is 0 Å². The van der Waals surface area contributed by atoms with Gasteiger partial charge in [0.05, 0.1) is 6.61 Å². The van der Waals surface area contributed by atoms with Crippen LogP contribution in [0, 0.1) is 0 Å². The number of hydrogen-bond donors (Lipinski definition) is 1. The Kier molecular flexibility index (Phi) is 3.82. The summed E-state index contributed by atoms with van der Waals surface area (Å²) in [6.45, 7) is 0.0590. The molecule has 84 valence electrons. The van der Waals surface area contributed by atoms with E-state index in [1.165, 1.54) is 0 Å². The molecule has 0 heterocycles. The lowest BCUT2D eigenvalue weighted by Crippen LogP contribution is -2.09. The fourth-order valence-electron chi connectivity index (χ4n) is 1.03. The number of hydrogen-bond acceptors (Lipinski definition) is 2. The summed E-state index contributed by atoms with van der Waals surface area (Å²) < 4.78 is 40.4. The summed E-state index contributed by atoms with van der Waals surface area (Å²) in [4.78, 5) is 0. The van der Waals surface area contributed by atoms with E-state index in [9.17, 15) is 13.2 Å². The highest BCUT2D eigenvalue weighted by molar-refractivity contribution is 5.41. The summed E-state index contributed by atoms with van der Waals surface area (Å²) in [5, 5.41) is 0. The first-order valence-corrected chi connectivity index (χ1v) is 4.52. The molecular weight excluding hydrogens is 207 g/mol. The van der Waals surface area contributed by atoms with Gasteiger partial charge in [-0.2, -0.15) is 13.2 Å². The minimum absolute atomic E-state index is 0.0339. The molecule has 0 spiro atoms. The van der Waals surface area contributed by atoms with E-state index in [0.717, 1.165) is 0 Å². The lowest BCUT2D eigenvalue weighted by atomic mass is 10.3. The highest BCUT2D eigenvalue weighted by Gasteiger charge is 2.25. The fourth-order valence-corrected chi connectivity index (χ4v) is 1.03. The molecule has 5 heteroatoms. The predicted octanol–water partition coefficient (Wildman–Crippen LogP) is 2.99. The van der Waals surface area contributed by atoms with Gasteiger partial charge >= 0.3 is 6.18 Å². The van der Waals surface area contributed by atoms with Crippen LogP contribution in [-0.4, -0.2) is 12.8 Å². The van der Waals surface area contributed by atoms with Crippen molar-refractivity contribution in [1.82, 2.24) is 0 Å². The molecule has 0 radical (unpaired) electrons. The zero-order chi connectivity index (χ0) is 11.3. The van der Waals surface area contributed by atoms with Crippen LogP contribution in [0.15, 0.2) is 24.3 Å². The zero-order valence-electron chi connectivity index (χ0n) is 8.05. The first-order chi connectivity index (χ1) is 6.97. The van der Waals surface area contributed by atoms with Gasteiger partial charge in [0.2, 0.25) is 0 Å². The Hall–Kier alpha value is -1.39. The average molecular weight is 219 g/mol. The third-order valence-corrected chi connectivity index (χ3v) is 1.75. The Morgan fingerprint density at radius 1 is 1.13 bits per heavy atom. The molecule has 0 unspecified atom stereocenters. The Morgan fingerprint density at radius 3 is 2.27 bits per heavy atom. The molecule has 0 saturated carbocycles. The van der Waals surface area contributed by atoms with Crippen LogP contribution in [-0.2, 0) is 0 Å². The maximum atomic E-state index is 11.8. The van der Waals surface area contributed by atoms with Crippen molar-refractivity contribution in [2.75, 3.05) is 12.3 Å². The Morgan fingerprint density at radius 2 is 1.73 bits per heavy atom. The van der Waals surface area contributed by atoms with E-state index in [0.29, 0.717) is 11.4 Å². The lowest BCUT2D eigenvalue weighted by molar-refractivity contribution is -0.136. The second-order valence-corrected chi connectivity index (χ2v) is 3.14. The summed E-state index contributed by atoms with van der Waals surface area (Å²) in [5.74, 6) is 0.534. The molecule has 0 aliphatic rings. The van der Waals surface area contributed by atoms with Gasteiger partial charge in [-0.05, 0) is 30.7 Å². The molecule has 1 aromatic rings. The molecule has 0 fully saturated rings. The van der Waals surface area contributed by atoms with E-state index in [-0.39, 0.29) is 13.0 Å². The molecule has 0 saturated heterocycles. The monoisotopic (exact) mass is 219 g/mol. The summed E-state index contributed by atoms with van der Waals surface area (Å²) in [7, 11) is 0. The zero-order valence-corrected chi connectivity index (χ0v) is 8.05. The molecule has 2 nitrogen and oxygen atoms in total. The van der Waals surface area contributed by atoms with Crippen molar-refractivity contribution < 1.29 is 17.9 Å². The highest BCUT2D eigenvalue weighted by atomic mass is 19.4. The minimum Gasteiger partial charge on any atom is -0.494 e. The molecule has 0 aliphatic carbocycles. The van der Waals surface area contributed by atoms with Gasteiger partial charge in [-0.3, -0.25) is 0 Å². The van der Waals surface area contributed by atoms with Gasteiger partial charge < -0.3 is 10.5 Å². The number of alkyl halides is 3. The first-order valence-electron chi connectivity index (χ1n) is 4.52. The van der Waals surface area contributed by atoms with Crippen molar-refractivity contribution in [3.63, 3.8) is 0 Å². The van der Waals surface area contributed by atoms with E-state index in [4.69, 9.17) is 10.5 Å². The fraction of sp³-hybridized carbons (Fsp3) is 0.400. The van der Waals surface area contributed by atoms with Crippen molar-refractivity contribution >= 4 is 5.69 Å². The largest absolute Gasteiger partial charge is 0.494 e. The quantitative estimate of drug-likeness (QED) is 0.624. The van der Waals surface area contributed by atoms with Gasteiger partial charge in [0.1, 0.15) is 5.75 Å². The standard InChI is InChI=1S/C10H12F3NO/c11-10(12,13)6-1-7-15-9-4-2-8(14)3-5-9/h2-5H,1,6-7,14H2. The second-order valence-electron chi connectivity index (χ2n) is 3.14. The normalized spacial score (nSPS) is 11.4. The number of nitrogens with two attached hydrogens (primary N) is 1.